The summed E-state index contributed by atoms with van der Waals surface area (Å²) in [4.78, 5) is 15.1. The molecule has 0 radical (unpaired) electrons. The van der Waals surface area contributed by atoms with E-state index in [1.54, 1.807) is 0 Å². The van der Waals surface area contributed by atoms with E-state index < -0.39 is 11.0 Å². The molecule has 3 nitrogen and oxygen atoms in total. The second-order valence-corrected chi connectivity index (χ2v) is 7.36. The molecule has 0 bridgehead atoms. The third-order valence-electron chi connectivity index (χ3n) is 5.21. The van der Waals surface area contributed by atoms with Crippen LogP contribution < -0.4 is 5.73 Å². The van der Waals surface area contributed by atoms with Gasteiger partial charge in [0, 0.05) is 12.1 Å². The molecule has 1 atom stereocenters. The van der Waals surface area contributed by atoms with Crippen molar-refractivity contribution < 1.29 is 4.79 Å². The topological polar surface area (TPSA) is 46.3 Å². The molecule has 1 heterocycles. The zero-order chi connectivity index (χ0) is 15.8. The molecule has 2 N–H and O–H groups in total. The van der Waals surface area contributed by atoms with Gasteiger partial charge in [0.1, 0.15) is 0 Å². The molecule has 116 valence electrons. The highest BCUT2D eigenvalue weighted by atomic mass is 16.2. The highest BCUT2D eigenvalue weighted by Gasteiger charge is 2.45. The standard InChI is InChI=1S/C18H28N2O/c1-13-9-6-7-10-14(13)15-11-8-12-20(15)16(21)17(2,3)18(4,5)19/h6-7,9-10,15H,8,11-12,19H2,1-5H3. The molecule has 3 heteroatoms. The predicted octanol–water partition coefficient (Wildman–Crippen LogP) is 3.42. The Hall–Kier alpha value is -1.35. The second-order valence-electron chi connectivity index (χ2n) is 7.36. The zero-order valence-corrected chi connectivity index (χ0v) is 13.9. The third kappa shape index (κ3) is 2.84. The van der Waals surface area contributed by atoms with E-state index in [2.05, 4.69) is 25.1 Å². The van der Waals surface area contributed by atoms with Crippen LogP contribution in [0, 0.1) is 12.3 Å². The molecule has 1 aromatic rings. The van der Waals surface area contributed by atoms with Gasteiger partial charge in [-0.2, -0.15) is 0 Å². The van der Waals surface area contributed by atoms with Gasteiger partial charge in [0.05, 0.1) is 11.5 Å². The summed E-state index contributed by atoms with van der Waals surface area (Å²) in [7, 11) is 0. The van der Waals surface area contributed by atoms with Gasteiger partial charge in [0.25, 0.3) is 0 Å². The van der Waals surface area contributed by atoms with Crippen LogP contribution in [0.3, 0.4) is 0 Å². The zero-order valence-electron chi connectivity index (χ0n) is 13.9. The smallest absolute Gasteiger partial charge is 0.230 e. The Labute approximate surface area is 128 Å². The summed E-state index contributed by atoms with van der Waals surface area (Å²) in [6.45, 7) is 10.7. The summed E-state index contributed by atoms with van der Waals surface area (Å²) in [5.41, 5.74) is 7.67. The average molecular weight is 288 g/mol. The molecule has 1 aromatic carbocycles. The number of benzene rings is 1. The maximum absolute atomic E-state index is 13.1. The molecular weight excluding hydrogens is 260 g/mol. The van der Waals surface area contributed by atoms with E-state index in [0.717, 1.165) is 19.4 Å². The first-order chi connectivity index (χ1) is 9.66. The largest absolute Gasteiger partial charge is 0.335 e. The molecule has 1 aliphatic rings. The normalized spacial score (nSPS) is 19.9. The maximum atomic E-state index is 13.1. The lowest BCUT2D eigenvalue weighted by molar-refractivity contribution is -0.144. The van der Waals surface area contributed by atoms with Crippen molar-refractivity contribution in [3.63, 3.8) is 0 Å². The van der Waals surface area contributed by atoms with Crippen molar-refractivity contribution in [2.24, 2.45) is 11.1 Å². The number of rotatable bonds is 3. The summed E-state index contributed by atoms with van der Waals surface area (Å²) in [5.74, 6) is 0.167. The van der Waals surface area contributed by atoms with Crippen LogP contribution in [0.15, 0.2) is 24.3 Å². The number of carbonyl (C=O) groups is 1. The fourth-order valence-corrected chi connectivity index (χ4v) is 2.93. The van der Waals surface area contributed by atoms with Crippen molar-refractivity contribution in [2.45, 2.75) is 59.0 Å². The molecule has 0 spiro atoms. The highest BCUT2D eigenvalue weighted by molar-refractivity contribution is 5.84. The molecule has 0 aromatic heterocycles. The Morgan fingerprint density at radius 1 is 1.24 bits per heavy atom. The van der Waals surface area contributed by atoms with Crippen molar-refractivity contribution in [3.05, 3.63) is 35.4 Å². The van der Waals surface area contributed by atoms with Gasteiger partial charge in [-0.3, -0.25) is 4.79 Å². The fourth-order valence-electron chi connectivity index (χ4n) is 2.93. The Kier molecular flexibility index (Phi) is 4.16. The molecule has 1 amide bonds. The van der Waals surface area contributed by atoms with Crippen molar-refractivity contribution in [3.8, 4) is 0 Å². The van der Waals surface area contributed by atoms with E-state index in [9.17, 15) is 4.79 Å². The molecule has 1 unspecified atom stereocenters. The lowest BCUT2D eigenvalue weighted by Crippen LogP contribution is -2.56. The van der Waals surface area contributed by atoms with Crippen LogP contribution in [0.1, 0.15) is 57.7 Å². The number of nitrogens with two attached hydrogens (primary N) is 1. The average Bonchev–Trinajstić information content (AvgIpc) is 2.85. The summed E-state index contributed by atoms with van der Waals surface area (Å²) < 4.78 is 0. The molecule has 1 fully saturated rings. The van der Waals surface area contributed by atoms with Gasteiger partial charge in [0.2, 0.25) is 5.91 Å². The van der Waals surface area contributed by atoms with Crippen molar-refractivity contribution >= 4 is 5.91 Å². The van der Waals surface area contributed by atoms with Crippen LogP contribution in [0.25, 0.3) is 0 Å². The number of nitrogens with zero attached hydrogens (tertiary/aromatic N) is 1. The Bertz CT molecular complexity index is 528. The second kappa shape index (κ2) is 5.45. The van der Waals surface area contributed by atoms with E-state index in [4.69, 9.17) is 5.73 Å². The van der Waals surface area contributed by atoms with Crippen LogP contribution in [-0.2, 0) is 4.79 Å². The summed E-state index contributed by atoms with van der Waals surface area (Å²) >= 11 is 0. The van der Waals surface area contributed by atoms with Crippen LogP contribution in [0.5, 0.6) is 0 Å². The van der Waals surface area contributed by atoms with E-state index in [-0.39, 0.29) is 11.9 Å². The first-order valence-electron chi connectivity index (χ1n) is 7.82. The first-order valence-corrected chi connectivity index (χ1v) is 7.82. The van der Waals surface area contributed by atoms with Gasteiger partial charge in [-0.05, 0) is 58.6 Å². The minimum absolute atomic E-state index is 0.167. The van der Waals surface area contributed by atoms with Gasteiger partial charge < -0.3 is 10.6 Å². The van der Waals surface area contributed by atoms with E-state index in [1.807, 2.05) is 38.7 Å². The number of aryl methyl sites for hydroxylation is 1. The Balaban J connectivity index is 2.32. The Morgan fingerprint density at radius 2 is 1.86 bits per heavy atom. The minimum atomic E-state index is -0.571. The lowest BCUT2D eigenvalue weighted by Gasteiger charge is -2.41. The Morgan fingerprint density at radius 3 is 2.43 bits per heavy atom. The maximum Gasteiger partial charge on any atom is 0.230 e. The van der Waals surface area contributed by atoms with Crippen LogP contribution in [-0.4, -0.2) is 22.9 Å². The monoisotopic (exact) mass is 288 g/mol. The summed E-state index contributed by atoms with van der Waals surface area (Å²) in [6.07, 6.45) is 2.10. The number of carbonyl (C=O) groups excluding carboxylic acids is 1. The van der Waals surface area contributed by atoms with Gasteiger partial charge in [-0.15, -0.1) is 0 Å². The quantitative estimate of drug-likeness (QED) is 0.926. The predicted molar refractivity (Wildman–Crippen MR) is 86.9 cm³/mol. The van der Waals surface area contributed by atoms with Crippen molar-refractivity contribution in [1.29, 1.82) is 0 Å². The molecule has 1 aliphatic heterocycles. The van der Waals surface area contributed by atoms with E-state index in [0.29, 0.717) is 0 Å². The van der Waals surface area contributed by atoms with Crippen LogP contribution in [0.2, 0.25) is 0 Å². The molecule has 1 saturated heterocycles. The number of likely N-dealkylation sites (tertiary alicyclic amines) is 1. The number of hydrogen-bond donors (Lipinski definition) is 1. The van der Waals surface area contributed by atoms with E-state index >= 15 is 0 Å². The van der Waals surface area contributed by atoms with Gasteiger partial charge >= 0.3 is 0 Å². The fraction of sp³-hybridized carbons (Fsp3) is 0.611. The van der Waals surface area contributed by atoms with E-state index in [1.165, 1.54) is 11.1 Å². The molecule has 0 aliphatic carbocycles. The SMILES string of the molecule is Cc1ccccc1C1CCCN1C(=O)C(C)(C)C(C)(C)N. The van der Waals surface area contributed by atoms with Crippen LogP contribution >= 0.6 is 0 Å². The highest BCUT2D eigenvalue weighted by Crippen LogP contribution is 2.39. The van der Waals surface area contributed by atoms with Crippen molar-refractivity contribution in [1.82, 2.24) is 4.90 Å². The first kappa shape index (κ1) is 16.0. The van der Waals surface area contributed by atoms with Crippen LogP contribution in [0.4, 0.5) is 0 Å². The lowest BCUT2D eigenvalue weighted by atomic mass is 9.74. The van der Waals surface area contributed by atoms with Gasteiger partial charge in [-0.1, -0.05) is 24.3 Å². The van der Waals surface area contributed by atoms with Gasteiger partial charge in [0.15, 0.2) is 0 Å². The third-order valence-corrected chi connectivity index (χ3v) is 5.21. The molecule has 0 saturated carbocycles. The summed E-state index contributed by atoms with van der Waals surface area (Å²) in [6, 6.07) is 8.56. The minimum Gasteiger partial charge on any atom is -0.335 e. The molecular formula is C18H28N2O. The van der Waals surface area contributed by atoms with Gasteiger partial charge in [-0.25, -0.2) is 0 Å². The number of hydrogen-bond acceptors (Lipinski definition) is 2. The number of amides is 1. The molecule has 21 heavy (non-hydrogen) atoms. The molecule has 2 rings (SSSR count). The van der Waals surface area contributed by atoms with Crippen molar-refractivity contribution in [2.75, 3.05) is 6.54 Å². The summed E-state index contributed by atoms with van der Waals surface area (Å²) in [5, 5.41) is 0.